The van der Waals surface area contributed by atoms with E-state index in [4.69, 9.17) is 4.52 Å². The van der Waals surface area contributed by atoms with Crippen molar-refractivity contribution in [3.63, 3.8) is 0 Å². The standard InChI is InChI=1S/C20H18N3OP/c1-3-9-17(10-4-1)25(18-11-5-2-6-12-18)24-16-15-23-20-14-8-7-13-19(20)21-22-23/h1-14H,15-16H2. The van der Waals surface area contributed by atoms with Gasteiger partial charge in [0.05, 0.1) is 26.8 Å². The predicted molar refractivity (Wildman–Crippen MR) is 103 cm³/mol. The number of benzene rings is 3. The average molecular weight is 347 g/mol. The monoisotopic (exact) mass is 347 g/mol. The summed E-state index contributed by atoms with van der Waals surface area (Å²) in [5.41, 5.74) is 1.95. The van der Waals surface area contributed by atoms with Crippen LogP contribution in [0.25, 0.3) is 11.0 Å². The highest BCUT2D eigenvalue weighted by molar-refractivity contribution is 7.68. The molecule has 0 N–H and O–H groups in total. The molecule has 3 aromatic carbocycles. The quantitative estimate of drug-likeness (QED) is 0.501. The minimum Gasteiger partial charge on any atom is -0.348 e. The molecule has 124 valence electrons. The van der Waals surface area contributed by atoms with Crippen LogP contribution in [0.2, 0.25) is 0 Å². The molecular formula is C20H18N3OP. The van der Waals surface area contributed by atoms with E-state index in [1.807, 2.05) is 41.1 Å². The molecule has 0 fully saturated rings. The molecular weight excluding hydrogens is 329 g/mol. The predicted octanol–water partition coefficient (Wildman–Crippen LogP) is 3.50. The van der Waals surface area contributed by atoms with Crippen molar-refractivity contribution in [1.29, 1.82) is 0 Å². The van der Waals surface area contributed by atoms with Gasteiger partial charge in [0, 0.05) is 10.6 Å². The molecule has 4 aromatic rings. The zero-order chi connectivity index (χ0) is 16.9. The van der Waals surface area contributed by atoms with Crippen molar-refractivity contribution in [2.24, 2.45) is 0 Å². The largest absolute Gasteiger partial charge is 0.348 e. The SMILES string of the molecule is c1ccc(P(OCCn2nnc3ccccc32)c2ccccc2)cc1. The van der Waals surface area contributed by atoms with E-state index in [1.165, 1.54) is 10.6 Å². The summed E-state index contributed by atoms with van der Waals surface area (Å²) in [4.78, 5) is 0. The first-order chi connectivity index (χ1) is 12.4. The van der Waals surface area contributed by atoms with Crippen LogP contribution < -0.4 is 10.6 Å². The van der Waals surface area contributed by atoms with Gasteiger partial charge in [0.1, 0.15) is 5.52 Å². The Morgan fingerprint density at radius 1 is 0.760 bits per heavy atom. The Hall–Kier alpha value is -2.55. The van der Waals surface area contributed by atoms with Gasteiger partial charge in [0.2, 0.25) is 0 Å². The van der Waals surface area contributed by atoms with Crippen LogP contribution in [0, 0.1) is 0 Å². The van der Waals surface area contributed by atoms with Crippen LogP contribution in [0.15, 0.2) is 84.9 Å². The molecule has 4 rings (SSSR count). The zero-order valence-electron chi connectivity index (χ0n) is 13.7. The Bertz CT molecular complexity index is 901. The van der Waals surface area contributed by atoms with Crippen LogP contribution in [0.3, 0.4) is 0 Å². The lowest BCUT2D eigenvalue weighted by Crippen LogP contribution is -2.16. The number of rotatable bonds is 6. The lowest BCUT2D eigenvalue weighted by Gasteiger charge is -2.18. The molecule has 0 saturated heterocycles. The maximum Gasteiger partial charge on any atom is 0.113 e. The summed E-state index contributed by atoms with van der Waals surface area (Å²) in [5.74, 6) is 0. The fraction of sp³-hybridized carbons (Fsp3) is 0.100. The van der Waals surface area contributed by atoms with E-state index in [0.29, 0.717) is 13.2 Å². The molecule has 5 heteroatoms. The Morgan fingerprint density at radius 2 is 1.36 bits per heavy atom. The van der Waals surface area contributed by atoms with Crippen LogP contribution in [0.5, 0.6) is 0 Å². The molecule has 0 amide bonds. The van der Waals surface area contributed by atoms with Crippen molar-refractivity contribution in [1.82, 2.24) is 15.0 Å². The second-order valence-electron chi connectivity index (χ2n) is 5.60. The van der Waals surface area contributed by atoms with Gasteiger partial charge in [0.15, 0.2) is 0 Å². The van der Waals surface area contributed by atoms with Crippen molar-refractivity contribution < 1.29 is 4.52 Å². The Labute approximate surface area is 147 Å². The third kappa shape index (κ3) is 3.60. The number of nitrogens with zero attached hydrogens (tertiary/aromatic N) is 3. The summed E-state index contributed by atoms with van der Waals surface area (Å²) < 4.78 is 8.21. The van der Waals surface area contributed by atoms with Gasteiger partial charge in [-0.1, -0.05) is 78.0 Å². The number of hydrogen-bond acceptors (Lipinski definition) is 3. The Kier molecular flexibility index (Phi) is 4.82. The van der Waals surface area contributed by atoms with Crippen molar-refractivity contribution in [2.75, 3.05) is 6.61 Å². The van der Waals surface area contributed by atoms with Crippen LogP contribution >= 0.6 is 8.15 Å². The van der Waals surface area contributed by atoms with Gasteiger partial charge in [-0.15, -0.1) is 5.10 Å². The third-order valence-corrected chi connectivity index (χ3v) is 5.90. The van der Waals surface area contributed by atoms with Gasteiger partial charge in [-0.05, 0) is 12.1 Å². The van der Waals surface area contributed by atoms with Gasteiger partial charge in [-0.25, -0.2) is 4.68 Å². The first-order valence-electron chi connectivity index (χ1n) is 8.23. The Morgan fingerprint density at radius 3 is 2.04 bits per heavy atom. The van der Waals surface area contributed by atoms with E-state index in [0.717, 1.165) is 11.0 Å². The molecule has 0 aliphatic heterocycles. The minimum atomic E-state index is -0.837. The summed E-state index contributed by atoms with van der Waals surface area (Å²) in [6.45, 7) is 1.27. The maximum atomic E-state index is 6.31. The fourth-order valence-electron chi connectivity index (χ4n) is 2.73. The molecule has 0 aliphatic carbocycles. The summed E-state index contributed by atoms with van der Waals surface area (Å²) in [6, 6.07) is 28.8. The normalized spacial score (nSPS) is 11.2. The lowest BCUT2D eigenvalue weighted by atomic mass is 10.3. The minimum absolute atomic E-state index is 0.586. The number of para-hydroxylation sites is 1. The summed E-state index contributed by atoms with van der Waals surface area (Å²) in [6.07, 6.45) is 0. The van der Waals surface area contributed by atoms with Gasteiger partial charge in [-0.3, -0.25) is 0 Å². The summed E-state index contributed by atoms with van der Waals surface area (Å²) >= 11 is 0. The van der Waals surface area contributed by atoms with Gasteiger partial charge in [0.25, 0.3) is 0 Å². The van der Waals surface area contributed by atoms with Crippen molar-refractivity contribution >= 4 is 29.8 Å². The molecule has 0 aliphatic rings. The topological polar surface area (TPSA) is 39.9 Å². The van der Waals surface area contributed by atoms with Crippen molar-refractivity contribution in [3.05, 3.63) is 84.9 Å². The van der Waals surface area contributed by atoms with Crippen LogP contribution in [-0.2, 0) is 11.1 Å². The molecule has 0 spiro atoms. The van der Waals surface area contributed by atoms with Crippen LogP contribution in [-0.4, -0.2) is 21.6 Å². The molecule has 0 atom stereocenters. The first kappa shape index (κ1) is 15.9. The van der Waals surface area contributed by atoms with E-state index in [2.05, 4.69) is 58.8 Å². The van der Waals surface area contributed by atoms with Gasteiger partial charge < -0.3 is 4.52 Å². The molecule has 0 saturated carbocycles. The van der Waals surface area contributed by atoms with Gasteiger partial charge in [-0.2, -0.15) is 0 Å². The number of hydrogen-bond donors (Lipinski definition) is 0. The second-order valence-corrected chi connectivity index (χ2v) is 7.48. The molecule has 0 bridgehead atoms. The molecule has 0 radical (unpaired) electrons. The van der Waals surface area contributed by atoms with Crippen LogP contribution in [0.1, 0.15) is 0 Å². The van der Waals surface area contributed by atoms with E-state index in [1.54, 1.807) is 0 Å². The zero-order valence-corrected chi connectivity index (χ0v) is 14.6. The maximum absolute atomic E-state index is 6.31. The molecule has 4 nitrogen and oxygen atoms in total. The molecule has 0 unspecified atom stereocenters. The fourth-order valence-corrected chi connectivity index (χ4v) is 4.47. The first-order valence-corrected chi connectivity index (χ1v) is 9.49. The molecule has 25 heavy (non-hydrogen) atoms. The summed E-state index contributed by atoms with van der Waals surface area (Å²) in [7, 11) is -0.837. The highest BCUT2D eigenvalue weighted by Gasteiger charge is 2.15. The van der Waals surface area contributed by atoms with E-state index < -0.39 is 8.15 Å². The number of aromatic nitrogens is 3. The second kappa shape index (κ2) is 7.56. The van der Waals surface area contributed by atoms with E-state index in [-0.39, 0.29) is 0 Å². The molecule has 1 heterocycles. The number of fused-ring (bicyclic) bond motifs is 1. The van der Waals surface area contributed by atoms with Crippen molar-refractivity contribution in [3.8, 4) is 0 Å². The lowest BCUT2D eigenvalue weighted by molar-refractivity contribution is 0.328. The average Bonchev–Trinajstić information content (AvgIpc) is 3.10. The molecule has 1 aromatic heterocycles. The Balaban J connectivity index is 1.51. The third-order valence-electron chi connectivity index (χ3n) is 3.93. The smallest absolute Gasteiger partial charge is 0.113 e. The highest BCUT2D eigenvalue weighted by Crippen LogP contribution is 2.34. The highest BCUT2D eigenvalue weighted by atomic mass is 31.1. The van der Waals surface area contributed by atoms with E-state index >= 15 is 0 Å². The van der Waals surface area contributed by atoms with Crippen LogP contribution in [0.4, 0.5) is 0 Å². The summed E-state index contributed by atoms with van der Waals surface area (Å²) in [5, 5.41) is 10.9. The van der Waals surface area contributed by atoms with E-state index in [9.17, 15) is 0 Å². The van der Waals surface area contributed by atoms with Gasteiger partial charge >= 0.3 is 0 Å². The van der Waals surface area contributed by atoms with Crippen molar-refractivity contribution in [2.45, 2.75) is 6.54 Å².